The topological polar surface area (TPSA) is 237 Å². The van der Waals surface area contributed by atoms with Crippen LogP contribution in [-0.4, -0.2) is 96.7 Å². The molecular formula is C72H140O17P2. The van der Waals surface area contributed by atoms with Crippen LogP contribution in [-0.2, 0) is 65.4 Å². The minimum Gasteiger partial charge on any atom is -0.462 e. The van der Waals surface area contributed by atoms with Crippen LogP contribution in [0.5, 0.6) is 0 Å². The van der Waals surface area contributed by atoms with Crippen LogP contribution in [0.25, 0.3) is 0 Å². The molecule has 540 valence electrons. The highest BCUT2D eigenvalue weighted by Gasteiger charge is 2.30. The minimum absolute atomic E-state index is 0.107. The van der Waals surface area contributed by atoms with E-state index in [1.807, 2.05) is 0 Å². The first-order chi connectivity index (χ1) is 44.2. The predicted octanol–water partition coefficient (Wildman–Crippen LogP) is 21.1. The second-order valence-electron chi connectivity index (χ2n) is 26.0. The fraction of sp³-hybridized carbons (Fsp3) is 0.944. The number of aliphatic hydroxyl groups is 1. The lowest BCUT2D eigenvalue weighted by atomic mass is 10.0. The number of hydrogen-bond acceptors (Lipinski definition) is 15. The normalized spacial score (nSPS) is 14.0. The molecule has 0 bridgehead atoms. The zero-order valence-electron chi connectivity index (χ0n) is 58.8. The van der Waals surface area contributed by atoms with Crippen molar-refractivity contribution in [1.29, 1.82) is 0 Å². The van der Waals surface area contributed by atoms with Crippen molar-refractivity contribution >= 4 is 39.5 Å². The number of phosphoric acid groups is 2. The maximum Gasteiger partial charge on any atom is 0.472 e. The molecule has 0 aliphatic rings. The summed E-state index contributed by atoms with van der Waals surface area (Å²) in [5.41, 5.74) is 0. The number of rotatable bonds is 73. The third-order valence-corrected chi connectivity index (χ3v) is 18.8. The molecule has 0 aromatic carbocycles. The number of hydrogen-bond donors (Lipinski definition) is 3. The first-order valence-electron chi connectivity index (χ1n) is 37.8. The van der Waals surface area contributed by atoms with Crippen LogP contribution in [0.1, 0.15) is 381 Å². The molecular weight excluding hydrogens is 1200 g/mol. The predicted molar refractivity (Wildman–Crippen MR) is 368 cm³/mol. The summed E-state index contributed by atoms with van der Waals surface area (Å²) in [5, 5.41) is 10.6. The molecule has 0 saturated carbocycles. The van der Waals surface area contributed by atoms with Gasteiger partial charge in [-0.3, -0.25) is 37.3 Å². The number of carbonyl (C=O) groups is 4. The Labute approximate surface area is 556 Å². The number of unbranched alkanes of at least 4 members (excludes halogenated alkanes) is 47. The molecule has 0 rings (SSSR count). The van der Waals surface area contributed by atoms with Gasteiger partial charge in [0, 0.05) is 25.7 Å². The van der Waals surface area contributed by atoms with Gasteiger partial charge in [-0.05, 0) is 25.7 Å². The number of ether oxygens (including phenoxy) is 4. The van der Waals surface area contributed by atoms with Gasteiger partial charge in [0.25, 0.3) is 0 Å². The van der Waals surface area contributed by atoms with E-state index in [4.69, 9.17) is 37.0 Å². The van der Waals surface area contributed by atoms with Crippen molar-refractivity contribution in [3.05, 3.63) is 0 Å². The second kappa shape index (κ2) is 66.7. The van der Waals surface area contributed by atoms with Crippen LogP contribution in [0.4, 0.5) is 0 Å². The highest BCUT2D eigenvalue weighted by molar-refractivity contribution is 7.47. The Balaban J connectivity index is 5.21. The summed E-state index contributed by atoms with van der Waals surface area (Å²) in [6.07, 6.45) is 55.4. The quantitative estimate of drug-likeness (QED) is 0.0222. The molecule has 17 nitrogen and oxygen atoms in total. The molecule has 0 saturated heterocycles. The molecule has 0 aliphatic heterocycles. The Morgan fingerprint density at radius 1 is 0.264 bits per heavy atom. The summed E-state index contributed by atoms with van der Waals surface area (Å²) in [5.74, 6) is -2.12. The summed E-state index contributed by atoms with van der Waals surface area (Å²) in [7, 11) is -9.90. The van der Waals surface area contributed by atoms with Gasteiger partial charge in [0.15, 0.2) is 12.2 Å². The van der Waals surface area contributed by atoms with E-state index in [1.165, 1.54) is 212 Å². The average Bonchev–Trinajstić information content (AvgIpc) is 3.20. The van der Waals surface area contributed by atoms with Crippen molar-refractivity contribution in [3.63, 3.8) is 0 Å². The van der Waals surface area contributed by atoms with Gasteiger partial charge < -0.3 is 33.8 Å². The van der Waals surface area contributed by atoms with Gasteiger partial charge in [0.2, 0.25) is 0 Å². The molecule has 3 N–H and O–H groups in total. The summed E-state index contributed by atoms with van der Waals surface area (Å²) >= 11 is 0. The summed E-state index contributed by atoms with van der Waals surface area (Å²) in [6, 6.07) is 0. The van der Waals surface area contributed by atoms with E-state index < -0.39 is 97.5 Å². The monoisotopic (exact) mass is 1340 g/mol. The van der Waals surface area contributed by atoms with E-state index in [2.05, 4.69) is 27.7 Å². The highest BCUT2D eigenvalue weighted by atomic mass is 31.2. The lowest BCUT2D eigenvalue weighted by Gasteiger charge is -2.21. The Hall–Kier alpha value is -1.94. The van der Waals surface area contributed by atoms with Crippen molar-refractivity contribution in [3.8, 4) is 0 Å². The molecule has 0 aliphatic carbocycles. The maximum absolute atomic E-state index is 13.0. The smallest absolute Gasteiger partial charge is 0.462 e. The Morgan fingerprint density at radius 3 is 0.648 bits per heavy atom. The average molecular weight is 1340 g/mol. The molecule has 5 atom stereocenters. The Bertz CT molecular complexity index is 1740. The van der Waals surface area contributed by atoms with Crippen LogP contribution in [0.2, 0.25) is 0 Å². The molecule has 0 fully saturated rings. The van der Waals surface area contributed by atoms with Crippen molar-refractivity contribution in [2.45, 2.75) is 399 Å². The van der Waals surface area contributed by atoms with Crippen molar-refractivity contribution in [1.82, 2.24) is 0 Å². The summed E-state index contributed by atoms with van der Waals surface area (Å²) < 4.78 is 68.3. The van der Waals surface area contributed by atoms with Gasteiger partial charge in [0.1, 0.15) is 19.3 Å². The van der Waals surface area contributed by atoms with Gasteiger partial charge in [0.05, 0.1) is 26.4 Å². The number of esters is 4. The second-order valence-corrected chi connectivity index (χ2v) is 28.9. The van der Waals surface area contributed by atoms with E-state index in [0.29, 0.717) is 25.7 Å². The molecule has 91 heavy (non-hydrogen) atoms. The zero-order valence-corrected chi connectivity index (χ0v) is 60.6. The molecule has 0 spiro atoms. The Kier molecular flexibility index (Phi) is 65.2. The molecule has 2 unspecified atom stereocenters. The molecule has 0 aromatic rings. The molecule has 0 aromatic heterocycles. The standard InChI is InChI=1S/C72H140O17P2/c1-5-9-13-17-21-25-28-30-32-34-36-38-42-45-49-53-57-70(75)83-63-68(89-72(77)59-55-51-47-43-39-37-35-33-31-29-26-22-18-14-10-6-2)65-87-91(80,81)85-61-66(73)60-84-90(78,79)86-64-67(62-82-69(74)56-52-48-44-40-24-20-16-12-8-4)88-71(76)58-54-50-46-41-27-23-19-15-11-7-3/h66-68,73H,5-65H2,1-4H3,(H,78,79)(H,80,81)/t66-,67+,68+/m0/s1. The van der Waals surface area contributed by atoms with Crippen LogP contribution in [0.15, 0.2) is 0 Å². The SMILES string of the molecule is CCCCCCCCCCCCCCCCCCC(=O)OC[C@H](COP(=O)(O)OC[C@@H](O)COP(=O)(O)OC[C@@H](COC(=O)CCCCCCCCCCC)OC(=O)CCCCCCCCCCCC)OC(=O)CCCCCCCCCCCCCCCCCC. The van der Waals surface area contributed by atoms with Crippen molar-refractivity contribution in [2.24, 2.45) is 0 Å². The number of aliphatic hydroxyl groups excluding tert-OH is 1. The van der Waals surface area contributed by atoms with E-state index in [1.54, 1.807) is 0 Å². The van der Waals surface area contributed by atoms with Gasteiger partial charge in [-0.1, -0.05) is 329 Å². The van der Waals surface area contributed by atoms with Gasteiger partial charge in [-0.2, -0.15) is 0 Å². The van der Waals surface area contributed by atoms with E-state index in [9.17, 15) is 43.2 Å². The summed E-state index contributed by atoms with van der Waals surface area (Å²) in [6.45, 7) is 4.94. The fourth-order valence-electron chi connectivity index (χ4n) is 11.0. The lowest BCUT2D eigenvalue weighted by Crippen LogP contribution is -2.30. The van der Waals surface area contributed by atoms with Crippen LogP contribution in [0.3, 0.4) is 0 Å². The number of phosphoric ester groups is 2. The lowest BCUT2D eigenvalue weighted by molar-refractivity contribution is -0.161. The third-order valence-electron chi connectivity index (χ3n) is 16.9. The van der Waals surface area contributed by atoms with Crippen molar-refractivity contribution in [2.75, 3.05) is 39.6 Å². The third kappa shape index (κ3) is 66.5. The number of carbonyl (C=O) groups excluding carboxylic acids is 4. The fourth-order valence-corrected chi connectivity index (χ4v) is 12.6. The Morgan fingerprint density at radius 2 is 0.440 bits per heavy atom. The maximum atomic E-state index is 13.0. The molecule has 0 radical (unpaired) electrons. The van der Waals surface area contributed by atoms with E-state index in [-0.39, 0.29) is 25.7 Å². The minimum atomic E-state index is -4.95. The van der Waals surface area contributed by atoms with E-state index >= 15 is 0 Å². The molecule has 0 heterocycles. The molecule has 0 amide bonds. The zero-order chi connectivity index (χ0) is 66.8. The van der Waals surface area contributed by atoms with Gasteiger partial charge in [-0.25, -0.2) is 9.13 Å². The van der Waals surface area contributed by atoms with Gasteiger partial charge in [-0.15, -0.1) is 0 Å². The largest absolute Gasteiger partial charge is 0.472 e. The summed E-state index contributed by atoms with van der Waals surface area (Å²) in [4.78, 5) is 72.6. The van der Waals surface area contributed by atoms with Crippen molar-refractivity contribution < 1.29 is 80.2 Å². The first kappa shape index (κ1) is 89.1. The highest BCUT2D eigenvalue weighted by Crippen LogP contribution is 2.45. The van der Waals surface area contributed by atoms with Crippen LogP contribution < -0.4 is 0 Å². The van der Waals surface area contributed by atoms with Gasteiger partial charge >= 0.3 is 39.5 Å². The molecule has 19 heteroatoms. The van der Waals surface area contributed by atoms with Crippen LogP contribution >= 0.6 is 15.6 Å². The first-order valence-corrected chi connectivity index (χ1v) is 40.8. The van der Waals surface area contributed by atoms with E-state index in [0.717, 1.165) is 89.9 Å². The van der Waals surface area contributed by atoms with Crippen LogP contribution in [0, 0.1) is 0 Å².